The van der Waals surface area contributed by atoms with Gasteiger partial charge < -0.3 is 10.1 Å². The van der Waals surface area contributed by atoms with Gasteiger partial charge in [-0.05, 0) is 78.6 Å². The lowest BCUT2D eigenvalue weighted by molar-refractivity contribution is -0.118. The Hall–Kier alpha value is -3.19. The summed E-state index contributed by atoms with van der Waals surface area (Å²) >= 11 is 0. The second kappa shape index (κ2) is 11.7. The molecule has 0 heterocycles. The Kier molecular flexibility index (Phi) is 8.41. The van der Waals surface area contributed by atoms with Crippen LogP contribution in [0.4, 0.5) is 4.39 Å². The van der Waals surface area contributed by atoms with Crippen molar-refractivity contribution in [1.29, 1.82) is 0 Å². The molecule has 7 heteroatoms. The quantitative estimate of drug-likeness (QED) is 0.415. The van der Waals surface area contributed by atoms with E-state index >= 15 is 0 Å². The van der Waals surface area contributed by atoms with Crippen LogP contribution < -0.4 is 10.1 Å². The summed E-state index contributed by atoms with van der Waals surface area (Å²) in [5.74, 6) is 0.333. The Bertz CT molecular complexity index is 1290. The first kappa shape index (κ1) is 25.9. The van der Waals surface area contributed by atoms with Crippen molar-refractivity contribution in [2.45, 2.75) is 56.1 Å². The highest BCUT2D eigenvalue weighted by molar-refractivity contribution is 7.91. The predicted molar refractivity (Wildman–Crippen MR) is 140 cm³/mol. The largest absolute Gasteiger partial charge is 0.490 e. The van der Waals surface area contributed by atoms with Gasteiger partial charge in [0.2, 0.25) is 5.91 Å². The molecule has 0 bridgehead atoms. The maximum Gasteiger partial charge on any atom is 0.216 e. The molecule has 0 atom stereocenters. The molecule has 3 aromatic carbocycles. The van der Waals surface area contributed by atoms with Crippen LogP contribution in [0.25, 0.3) is 11.1 Å². The number of halogens is 1. The van der Waals surface area contributed by atoms with Crippen LogP contribution in [0.2, 0.25) is 0 Å². The molecule has 3 aromatic rings. The third-order valence-corrected chi connectivity index (χ3v) is 8.85. The van der Waals surface area contributed by atoms with Gasteiger partial charge >= 0.3 is 0 Å². The lowest BCUT2D eigenvalue weighted by Gasteiger charge is -2.29. The van der Waals surface area contributed by atoms with Gasteiger partial charge in [0, 0.05) is 13.5 Å². The number of benzene rings is 3. The first-order valence-electron chi connectivity index (χ1n) is 12.4. The smallest absolute Gasteiger partial charge is 0.216 e. The Morgan fingerprint density at radius 3 is 2.42 bits per heavy atom. The number of carbonyl (C=O) groups is 1. The van der Waals surface area contributed by atoms with Crippen molar-refractivity contribution in [2.75, 3.05) is 6.54 Å². The van der Waals surface area contributed by atoms with Crippen molar-refractivity contribution in [3.8, 4) is 16.9 Å². The molecule has 1 amide bonds. The van der Waals surface area contributed by atoms with Crippen molar-refractivity contribution < 1.29 is 22.3 Å². The molecule has 0 spiro atoms. The van der Waals surface area contributed by atoms with Gasteiger partial charge in [0.1, 0.15) is 11.6 Å². The van der Waals surface area contributed by atoms with Gasteiger partial charge in [-0.1, -0.05) is 48.5 Å². The molecule has 0 radical (unpaired) electrons. The zero-order chi connectivity index (χ0) is 25.5. The van der Waals surface area contributed by atoms with Crippen LogP contribution in [-0.2, 0) is 26.8 Å². The molecule has 190 valence electrons. The van der Waals surface area contributed by atoms with Crippen LogP contribution in [0.5, 0.6) is 5.75 Å². The average molecular weight is 510 g/mol. The van der Waals surface area contributed by atoms with Gasteiger partial charge in [-0.15, -0.1) is 0 Å². The number of amides is 1. The number of nitrogens with one attached hydrogen (secondary N) is 1. The second-order valence-corrected chi connectivity index (χ2v) is 11.7. The van der Waals surface area contributed by atoms with Crippen molar-refractivity contribution in [2.24, 2.45) is 0 Å². The highest BCUT2D eigenvalue weighted by atomic mass is 32.2. The fourth-order valence-corrected chi connectivity index (χ4v) is 6.65. The topological polar surface area (TPSA) is 72.5 Å². The van der Waals surface area contributed by atoms with Crippen molar-refractivity contribution in [3.63, 3.8) is 0 Å². The van der Waals surface area contributed by atoms with E-state index in [1.165, 1.54) is 19.1 Å². The molecule has 36 heavy (non-hydrogen) atoms. The third kappa shape index (κ3) is 6.94. The van der Waals surface area contributed by atoms with E-state index in [-0.39, 0.29) is 28.8 Å². The fraction of sp³-hybridized carbons (Fsp3) is 0.345. The summed E-state index contributed by atoms with van der Waals surface area (Å²) in [4.78, 5) is 11.3. The van der Waals surface area contributed by atoms with E-state index < -0.39 is 9.84 Å². The summed E-state index contributed by atoms with van der Waals surface area (Å²) in [5.41, 5.74) is 3.40. The van der Waals surface area contributed by atoms with E-state index in [0.717, 1.165) is 22.3 Å². The first-order chi connectivity index (χ1) is 17.3. The molecule has 0 aliphatic heterocycles. The number of carbonyl (C=O) groups excluding carboxylic acids is 1. The van der Waals surface area contributed by atoms with Crippen molar-refractivity contribution in [3.05, 3.63) is 89.7 Å². The lowest BCUT2D eigenvalue weighted by atomic mass is 9.96. The van der Waals surface area contributed by atoms with Crippen molar-refractivity contribution >= 4 is 15.7 Å². The Labute approximate surface area is 212 Å². The Balaban J connectivity index is 1.43. The maximum absolute atomic E-state index is 13.9. The number of ether oxygens (including phenoxy) is 1. The molecule has 1 aliphatic carbocycles. The number of hydrogen-bond donors (Lipinski definition) is 1. The third-order valence-electron chi connectivity index (χ3n) is 6.63. The summed E-state index contributed by atoms with van der Waals surface area (Å²) in [6, 6.07) is 21.5. The summed E-state index contributed by atoms with van der Waals surface area (Å²) < 4.78 is 46.0. The van der Waals surface area contributed by atoms with Gasteiger partial charge in [0.05, 0.1) is 17.1 Å². The molecular formula is C29H32FNO4S. The van der Waals surface area contributed by atoms with Crippen LogP contribution in [0.15, 0.2) is 72.8 Å². The van der Waals surface area contributed by atoms with Crippen LogP contribution in [-0.4, -0.2) is 32.2 Å². The van der Waals surface area contributed by atoms with Gasteiger partial charge in [-0.2, -0.15) is 0 Å². The molecule has 1 saturated carbocycles. The van der Waals surface area contributed by atoms with Crippen molar-refractivity contribution in [1.82, 2.24) is 5.32 Å². The van der Waals surface area contributed by atoms with Gasteiger partial charge in [0.25, 0.3) is 0 Å². The molecule has 1 fully saturated rings. The minimum absolute atomic E-state index is 0.0704. The SMILES string of the molecule is CC(=O)NCCc1ccc(OC2CCC(S(=O)(=O)Cc3ccccc3)CC2)cc1-c1cccc(F)c1. The molecule has 0 unspecified atom stereocenters. The fourth-order valence-electron chi connectivity index (χ4n) is 4.77. The molecular weight excluding hydrogens is 477 g/mol. The second-order valence-electron chi connectivity index (χ2n) is 9.37. The molecule has 5 nitrogen and oxygen atoms in total. The lowest BCUT2D eigenvalue weighted by Crippen LogP contribution is -2.32. The number of hydrogen-bond acceptors (Lipinski definition) is 4. The zero-order valence-corrected chi connectivity index (χ0v) is 21.3. The van der Waals surface area contributed by atoms with Crippen LogP contribution in [0.3, 0.4) is 0 Å². The highest BCUT2D eigenvalue weighted by Gasteiger charge is 2.31. The van der Waals surface area contributed by atoms with Crippen LogP contribution in [0, 0.1) is 5.82 Å². The minimum atomic E-state index is -3.22. The normalized spacial score (nSPS) is 17.9. The first-order valence-corrected chi connectivity index (χ1v) is 14.1. The standard InChI is InChI=1S/C29H32FNO4S/c1-21(32)31-17-16-23-10-11-27(19-29(23)24-8-5-9-25(30)18-24)35-26-12-14-28(15-13-26)36(33,34)20-22-6-3-2-4-7-22/h2-11,18-19,26,28H,12-17,20H2,1H3,(H,31,32). The molecule has 0 saturated heterocycles. The van der Waals surface area contributed by atoms with E-state index in [2.05, 4.69) is 5.32 Å². The van der Waals surface area contributed by atoms with E-state index in [9.17, 15) is 17.6 Å². The maximum atomic E-state index is 13.9. The molecule has 1 aliphatic rings. The van der Waals surface area contributed by atoms with Gasteiger partial charge in [-0.3, -0.25) is 4.79 Å². The van der Waals surface area contributed by atoms with Gasteiger partial charge in [0.15, 0.2) is 9.84 Å². The summed E-state index contributed by atoms with van der Waals surface area (Å²) in [6.07, 6.45) is 3.02. The Morgan fingerprint density at radius 2 is 1.72 bits per heavy atom. The highest BCUT2D eigenvalue weighted by Crippen LogP contribution is 2.33. The summed E-state index contributed by atoms with van der Waals surface area (Å²) in [5, 5.41) is 2.45. The number of rotatable bonds is 9. The van der Waals surface area contributed by atoms with E-state index in [0.29, 0.717) is 44.4 Å². The average Bonchev–Trinajstić information content (AvgIpc) is 2.85. The van der Waals surface area contributed by atoms with Gasteiger partial charge in [-0.25, -0.2) is 12.8 Å². The molecule has 4 rings (SSSR count). The van der Waals surface area contributed by atoms with E-state index in [1.54, 1.807) is 6.07 Å². The predicted octanol–water partition coefficient (Wildman–Crippen LogP) is 5.48. The molecule has 1 N–H and O–H groups in total. The Morgan fingerprint density at radius 1 is 0.972 bits per heavy atom. The monoisotopic (exact) mass is 509 g/mol. The van der Waals surface area contributed by atoms with Crippen LogP contribution in [0.1, 0.15) is 43.7 Å². The summed E-state index contributed by atoms with van der Waals surface area (Å²) in [7, 11) is -3.22. The minimum Gasteiger partial charge on any atom is -0.490 e. The van der Waals surface area contributed by atoms with E-state index in [4.69, 9.17) is 4.74 Å². The zero-order valence-electron chi connectivity index (χ0n) is 20.5. The molecule has 0 aromatic heterocycles. The van der Waals surface area contributed by atoms with Crippen LogP contribution >= 0.6 is 0 Å². The van der Waals surface area contributed by atoms with E-state index in [1.807, 2.05) is 54.6 Å². The number of sulfone groups is 1. The summed E-state index contributed by atoms with van der Waals surface area (Å²) in [6.45, 7) is 1.96.